The molecular formula is C15H24F4O4. The topological polar surface area (TPSA) is 36.9 Å². The Bertz CT molecular complexity index is 365. The Labute approximate surface area is 134 Å². The minimum atomic E-state index is -2.83. The molecule has 0 saturated carbocycles. The molecule has 23 heavy (non-hydrogen) atoms. The molecule has 0 amide bonds. The van der Waals surface area contributed by atoms with Crippen molar-refractivity contribution in [3.8, 4) is 0 Å². The summed E-state index contributed by atoms with van der Waals surface area (Å²) in [5, 5.41) is 0. The van der Waals surface area contributed by atoms with Gasteiger partial charge in [-0.15, -0.1) is 6.58 Å². The van der Waals surface area contributed by atoms with E-state index in [1.165, 1.54) is 6.92 Å². The third-order valence-electron chi connectivity index (χ3n) is 2.49. The van der Waals surface area contributed by atoms with Crippen molar-refractivity contribution < 1.29 is 36.5 Å². The number of halogens is 4. The van der Waals surface area contributed by atoms with E-state index in [4.69, 9.17) is 18.9 Å². The van der Waals surface area contributed by atoms with Crippen molar-refractivity contribution >= 4 is 0 Å². The van der Waals surface area contributed by atoms with Gasteiger partial charge < -0.3 is 9.47 Å². The van der Waals surface area contributed by atoms with Crippen LogP contribution in [-0.4, -0.2) is 51.9 Å². The molecule has 0 aromatic carbocycles. The Morgan fingerprint density at radius 3 is 2.00 bits per heavy atom. The Balaban J connectivity index is 4.93. The minimum absolute atomic E-state index is 0.0467. The van der Waals surface area contributed by atoms with E-state index in [0.717, 1.165) is 5.57 Å². The highest BCUT2D eigenvalue weighted by molar-refractivity contribution is 4.96. The number of hydrogen-bond acceptors (Lipinski definition) is 4. The van der Waals surface area contributed by atoms with Crippen molar-refractivity contribution in [3.05, 3.63) is 24.3 Å². The van der Waals surface area contributed by atoms with E-state index in [9.17, 15) is 17.6 Å². The Morgan fingerprint density at radius 1 is 0.957 bits per heavy atom. The first-order valence-electron chi connectivity index (χ1n) is 7.06. The maximum atomic E-state index is 13.6. The van der Waals surface area contributed by atoms with Gasteiger partial charge in [0.05, 0.1) is 19.8 Å². The first-order valence-corrected chi connectivity index (χ1v) is 7.06. The molecule has 0 rings (SSSR count). The monoisotopic (exact) mass is 344 g/mol. The molecule has 0 aromatic rings. The highest BCUT2D eigenvalue weighted by Gasteiger charge is 2.38. The van der Waals surface area contributed by atoms with Gasteiger partial charge in [-0.2, -0.15) is 0 Å². The summed E-state index contributed by atoms with van der Waals surface area (Å²) in [5.41, 5.74) is 0.920. The van der Waals surface area contributed by atoms with Crippen molar-refractivity contribution in [2.75, 3.05) is 33.1 Å². The lowest BCUT2D eigenvalue weighted by molar-refractivity contribution is -0.502. The van der Waals surface area contributed by atoms with Gasteiger partial charge in [-0.3, -0.25) is 9.47 Å². The minimum Gasteiger partial charge on any atom is -0.303 e. The van der Waals surface area contributed by atoms with Crippen LogP contribution in [0, 0.1) is 0 Å². The molecule has 136 valence electrons. The lowest BCUT2D eigenvalue weighted by atomic mass is 10.2. The average molecular weight is 344 g/mol. The third kappa shape index (κ3) is 10.4. The molecule has 0 aliphatic heterocycles. The van der Waals surface area contributed by atoms with Gasteiger partial charge in [-0.25, -0.2) is 17.6 Å². The second-order valence-electron chi connectivity index (χ2n) is 4.92. The summed E-state index contributed by atoms with van der Waals surface area (Å²) >= 11 is 0. The van der Waals surface area contributed by atoms with Gasteiger partial charge >= 0.3 is 6.16 Å². The van der Waals surface area contributed by atoms with E-state index in [0.29, 0.717) is 6.42 Å². The second-order valence-corrected chi connectivity index (χ2v) is 4.92. The van der Waals surface area contributed by atoms with E-state index >= 15 is 0 Å². The highest BCUT2D eigenvalue weighted by atomic mass is 19.3. The molecule has 0 heterocycles. The zero-order chi connectivity index (χ0) is 17.9. The summed E-state index contributed by atoms with van der Waals surface area (Å²) in [5.74, 6) is 0. The summed E-state index contributed by atoms with van der Waals surface area (Å²) in [6, 6.07) is 0. The first kappa shape index (κ1) is 22.0. The van der Waals surface area contributed by atoms with Crippen LogP contribution in [0.25, 0.3) is 0 Å². The van der Waals surface area contributed by atoms with Crippen molar-refractivity contribution in [1.82, 2.24) is 0 Å². The highest BCUT2D eigenvalue weighted by Crippen LogP contribution is 2.22. The van der Waals surface area contributed by atoms with Crippen LogP contribution in [0.3, 0.4) is 0 Å². The zero-order valence-electron chi connectivity index (χ0n) is 13.5. The number of ether oxygens (including phenoxy) is 4. The molecule has 2 unspecified atom stereocenters. The lowest BCUT2D eigenvalue weighted by Gasteiger charge is -2.32. The number of hydrogen-bond donors (Lipinski definition) is 0. The molecule has 0 spiro atoms. The maximum Gasteiger partial charge on any atom is 0.413 e. The normalized spacial score (nSPS) is 15.4. The summed E-state index contributed by atoms with van der Waals surface area (Å²) in [6.07, 6.45) is -6.46. The van der Waals surface area contributed by atoms with Crippen LogP contribution in [0.1, 0.15) is 20.3 Å². The van der Waals surface area contributed by atoms with E-state index in [1.54, 1.807) is 6.92 Å². The largest absolute Gasteiger partial charge is 0.413 e. The van der Waals surface area contributed by atoms with E-state index < -0.39 is 45.3 Å². The number of alkyl halides is 4. The van der Waals surface area contributed by atoms with E-state index in [-0.39, 0.29) is 12.2 Å². The molecule has 2 atom stereocenters. The summed E-state index contributed by atoms with van der Waals surface area (Å²) in [4.78, 5) is 0. The van der Waals surface area contributed by atoms with Crippen LogP contribution >= 0.6 is 0 Å². The molecule has 0 aliphatic carbocycles. The van der Waals surface area contributed by atoms with Gasteiger partial charge in [0, 0.05) is 0 Å². The van der Waals surface area contributed by atoms with Crippen LogP contribution in [-0.2, 0) is 18.9 Å². The van der Waals surface area contributed by atoms with Gasteiger partial charge in [-0.05, 0) is 25.8 Å². The van der Waals surface area contributed by atoms with Gasteiger partial charge in [0.25, 0.3) is 6.43 Å². The summed E-state index contributed by atoms with van der Waals surface area (Å²) < 4.78 is 70.7. The van der Waals surface area contributed by atoms with Crippen molar-refractivity contribution in [2.45, 2.75) is 39.0 Å². The molecule has 0 radical (unpaired) electrons. The fourth-order valence-electron chi connectivity index (χ4n) is 1.25. The second kappa shape index (κ2) is 11.6. The number of rotatable bonds is 14. The van der Waals surface area contributed by atoms with Crippen LogP contribution < -0.4 is 0 Å². The first-order chi connectivity index (χ1) is 10.7. The van der Waals surface area contributed by atoms with Crippen LogP contribution in [0.15, 0.2) is 24.3 Å². The van der Waals surface area contributed by atoms with E-state index in [2.05, 4.69) is 13.2 Å². The fraction of sp³-hybridized carbons (Fsp3) is 0.733. The fourth-order valence-corrected chi connectivity index (χ4v) is 1.25. The predicted molar refractivity (Wildman–Crippen MR) is 77.7 cm³/mol. The molecule has 0 N–H and O–H groups in total. The quantitative estimate of drug-likeness (QED) is 0.273. The molecule has 4 nitrogen and oxygen atoms in total. The van der Waals surface area contributed by atoms with Crippen molar-refractivity contribution in [3.63, 3.8) is 0 Å². The Morgan fingerprint density at radius 2 is 1.52 bits per heavy atom. The standard InChI is InChI=1S/C15H24F4O4/c1-11(2)5-7-20-15(21-8-6-16,23-10-14(18)19)22-9-13(17)12(3)4/h13-14H,1,3,5-10H2,2,4H3. The molecule has 0 bridgehead atoms. The molecule has 8 heteroatoms. The van der Waals surface area contributed by atoms with Gasteiger partial charge in [0.15, 0.2) is 0 Å². The van der Waals surface area contributed by atoms with Crippen molar-refractivity contribution in [2.24, 2.45) is 0 Å². The van der Waals surface area contributed by atoms with Crippen LogP contribution in [0.5, 0.6) is 0 Å². The van der Waals surface area contributed by atoms with E-state index in [1.807, 2.05) is 0 Å². The van der Waals surface area contributed by atoms with Gasteiger partial charge in [0.1, 0.15) is 19.5 Å². The Kier molecular flexibility index (Phi) is 11.1. The Hall–Kier alpha value is -0.960. The lowest BCUT2D eigenvalue weighted by Crippen LogP contribution is -2.45. The maximum absolute atomic E-state index is 13.6. The van der Waals surface area contributed by atoms with Crippen LogP contribution in [0.4, 0.5) is 17.6 Å². The SMILES string of the molecule is C=C(C)CCOC(OCCF)(OCC(F)F)OCC(F)C(=C)C. The van der Waals surface area contributed by atoms with Gasteiger partial charge in [-0.1, -0.05) is 12.2 Å². The average Bonchev–Trinajstić information content (AvgIpc) is 2.47. The zero-order valence-corrected chi connectivity index (χ0v) is 13.5. The molecule has 0 fully saturated rings. The predicted octanol–water partition coefficient (Wildman–Crippen LogP) is 3.78. The summed E-state index contributed by atoms with van der Waals surface area (Å²) in [6.45, 7) is 7.05. The molecule has 0 saturated heterocycles. The smallest absolute Gasteiger partial charge is 0.303 e. The molecule has 0 aromatic heterocycles. The van der Waals surface area contributed by atoms with Crippen LogP contribution in [0.2, 0.25) is 0 Å². The van der Waals surface area contributed by atoms with Gasteiger partial charge in [0.2, 0.25) is 0 Å². The summed E-state index contributed by atoms with van der Waals surface area (Å²) in [7, 11) is 0. The third-order valence-corrected chi connectivity index (χ3v) is 2.49. The molecular weight excluding hydrogens is 320 g/mol. The molecule has 0 aliphatic rings. The van der Waals surface area contributed by atoms with Crippen molar-refractivity contribution in [1.29, 1.82) is 0 Å².